The minimum absolute atomic E-state index is 0.0501. The van der Waals surface area contributed by atoms with E-state index in [0.29, 0.717) is 10.7 Å². The molecule has 0 amide bonds. The normalized spacial score (nSPS) is 17.1. The Morgan fingerprint density at radius 2 is 2.33 bits per heavy atom. The summed E-state index contributed by atoms with van der Waals surface area (Å²) in [5.41, 5.74) is 0.615. The van der Waals surface area contributed by atoms with Crippen molar-refractivity contribution in [1.82, 2.24) is 14.8 Å². The Labute approximate surface area is 128 Å². The topological polar surface area (TPSA) is 76.8 Å². The van der Waals surface area contributed by atoms with Crippen molar-refractivity contribution in [3.8, 4) is 0 Å². The number of allylic oxidation sites excluding steroid dienone is 3. The number of nitrogens with one attached hydrogen (secondary N) is 1. The predicted molar refractivity (Wildman–Crippen MR) is 82.9 cm³/mol. The molecule has 2 rings (SSSR count). The van der Waals surface area contributed by atoms with Crippen LogP contribution >= 0.6 is 12.2 Å². The Kier molecular flexibility index (Phi) is 4.52. The monoisotopic (exact) mass is 306 g/mol. The van der Waals surface area contributed by atoms with Gasteiger partial charge >= 0.3 is 0 Å². The van der Waals surface area contributed by atoms with Crippen LogP contribution in [0.3, 0.4) is 0 Å². The van der Waals surface area contributed by atoms with E-state index in [-0.39, 0.29) is 11.6 Å². The SMILES string of the molecule is C=C/C(=C\C(=C)[N+](=O)[O-])C(c1n[nH]c(=S)n1C)C1CCC1. The van der Waals surface area contributed by atoms with Crippen LogP contribution in [0.5, 0.6) is 0 Å². The van der Waals surface area contributed by atoms with Crippen LogP contribution in [0.25, 0.3) is 0 Å². The first-order chi connectivity index (χ1) is 9.95. The van der Waals surface area contributed by atoms with Crippen LogP contribution in [0.2, 0.25) is 0 Å². The number of hydrogen-bond donors (Lipinski definition) is 1. The van der Waals surface area contributed by atoms with Crippen LogP contribution in [-0.2, 0) is 7.05 Å². The molecule has 1 aromatic rings. The van der Waals surface area contributed by atoms with Gasteiger partial charge in [-0.15, -0.1) is 0 Å². The largest absolute Gasteiger partial charge is 0.307 e. The fourth-order valence-electron chi connectivity index (χ4n) is 2.56. The van der Waals surface area contributed by atoms with Gasteiger partial charge in [0.25, 0.3) is 5.70 Å². The number of nitro groups is 1. The molecule has 21 heavy (non-hydrogen) atoms. The highest BCUT2D eigenvalue weighted by Gasteiger charge is 2.33. The lowest BCUT2D eigenvalue weighted by Crippen LogP contribution is -2.24. The highest BCUT2D eigenvalue weighted by Crippen LogP contribution is 2.43. The summed E-state index contributed by atoms with van der Waals surface area (Å²) in [6.45, 7) is 7.26. The Morgan fingerprint density at radius 1 is 1.67 bits per heavy atom. The molecule has 0 aliphatic heterocycles. The second-order valence-electron chi connectivity index (χ2n) is 5.21. The predicted octanol–water partition coefficient (Wildman–Crippen LogP) is 3.26. The molecular weight excluding hydrogens is 288 g/mol. The zero-order chi connectivity index (χ0) is 15.6. The van der Waals surface area contributed by atoms with E-state index in [1.807, 2.05) is 11.6 Å². The summed E-state index contributed by atoms with van der Waals surface area (Å²) < 4.78 is 2.34. The van der Waals surface area contributed by atoms with E-state index in [0.717, 1.165) is 30.7 Å². The number of aromatic amines is 1. The molecule has 1 atom stereocenters. The number of rotatable bonds is 6. The molecule has 112 valence electrons. The molecular formula is C14H18N4O2S. The van der Waals surface area contributed by atoms with Crippen molar-refractivity contribution in [2.45, 2.75) is 25.2 Å². The van der Waals surface area contributed by atoms with E-state index in [1.165, 1.54) is 6.08 Å². The van der Waals surface area contributed by atoms with Crippen molar-refractivity contribution in [2.75, 3.05) is 0 Å². The van der Waals surface area contributed by atoms with Gasteiger partial charge in [-0.3, -0.25) is 15.2 Å². The van der Waals surface area contributed by atoms with E-state index in [1.54, 1.807) is 6.08 Å². The van der Waals surface area contributed by atoms with Crippen molar-refractivity contribution < 1.29 is 4.92 Å². The molecule has 1 saturated carbocycles. The van der Waals surface area contributed by atoms with Crippen molar-refractivity contribution >= 4 is 12.2 Å². The van der Waals surface area contributed by atoms with Crippen LogP contribution in [-0.4, -0.2) is 19.7 Å². The van der Waals surface area contributed by atoms with Gasteiger partial charge in [-0.2, -0.15) is 5.10 Å². The Balaban J connectivity index is 2.46. The van der Waals surface area contributed by atoms with E-state index in [4.69, 9.17) is 12.2 Å². The van der Waals surface area contributed by atoms with Crippen LogP contribution < -0.4 is 0 Å². The Morgan fingerprint density at radius 3 is 2.71 bits per heavy atom. The third-order valence-corrected chi connectivity index (χ3v) is 4.34. The maximum atomic E-state index is 10.8. The molecule has 6 nitrogen and oxygen atoms in total. The van der Waals surface area contributed by atoms with Crippen molar-refractivity contribution in [2.24, 2.45) is 13.0 Å². The molecule has 1 heterocycles. The van der Waals surface area contributed by atoms with Gasteiger partial charge in [0.05, 0.1) is 4.92 Å². The van der Waals surface area contributed by atoms with Crippen LogP contribution in [0.15, 0.2) is 36.6 Å². The highest BCUT2D eigenvalue weighted by molar-refractivity contribution is 7.71. The fraction of sp³-hybridized carbons (Fsp3) is 0.429. The lowest BCUT2D eigenvalue weighted by atomic mass is 9.72. The summed E-state index contributed by atoms with van der Waals surface area (Å²) in [7, 11) is 1.84. The van der Waals surface area contributed by atoms with Gasteiger partial charge in [0.15, 0.2) is 4.77 Å². The standard InChI is InChI=1S/C14H18N4O2S/c1-4-10(8-9(2)18(19)20)12(11-6-5-7-11)13-15-16-14(21)17(13)3/h4,8,11-12H,1-2,5-7H2,3H3,(H,16,21)/b10-8+. The van der Waals surface area contributed by atoms with Gasteiger partial charge in [0.1, 0.15) is 5.82 Å². The second kappa shape index (κ2) is 6.17. The summed E-state index contributed by atoms with van der Waals surface area (Å²) in [4.78, 5) is 10.3. The summed E-state index contributed by atoms with van der Waals surface area (Å²) in [6.07, 6.45) is 6.43. The minimum Gasteiger partial charge on any atom is -0.307 e. The number of nitrogens with zero attached hydrogens (tertiary/aromatic N) is 3. The molecule has 1 N–H and O–H groups in total. The molecule has 1 aliphatic carbocycles. The molecule has 0 radical (unpaired) electrons. The van der Waals surface area contributed by atoms with Gasteiger partial charge in [-0.25, -0.2) is 0 Å². The Hall–Kier alpha value is -2.02. The van der Waals surface area contributed by atoms with E-state index in [2.05, 4.69) is 23.4 Å². The zero-order valence-electron chi connectivity index (χ0n) is 11.9. The number of hydrogen-bond acceptors (Lipinski definition) is 4. The lowest BCUT2D eigenvalue weighted by Gasteiger charge is -2.33. The first-order valence-corrected chi connectivity index (χ1v) is 7.15. The number of H-pyrrole nitrogens is 1. The molecule has 1 fully saturated rings. The van der Waals surface area contributed by atoms with Gasteiger partial charge in [-0.05, 0) is 43.1 Å². The van der Waals surface area contributed by atoms with Crippen molar-refractivity contribution in [1.29, 1.82) is 0 Å². The Bertz CT molecular complexity index is 667. The van der Waals surface area contributed by atoms with Gasteiger partial charge in [0, 0.05) is 19.0 Å². The summed E-state index contributed by atoms with van der Waals surface area (Å²) in [5, 5.41) is 17.9. The minimum atomic E-state index is -0.496. The molecule has 0 aromatic carbocycles. The third kappa shape index (κ3) is 3.02. The first kappa shape index (κ1) is 15.4. The summed E-state index contributed by atoms with van der Waals surface area (Å²) >= 11 is 5.16. The molecule has 0 spiro atoms. The van der Waals surface area contributed by atoms with Gasteiger partial charge < -0.3 is 4.57 Å². The molecule has 0 bridgehead atoms. The van der Waals surface area contributed by atoms with Crippen LogP contribution in [0.1, 0.15) is 31.0 Å². The molecule has 1 aromatic heterocycles. The van der Waals surface area contributed by atoms with Crippen LogP contribution in [0, 0.1) is 20.8 Å². The molecule has 1 unspecified atom stereocenters. The van der Waals surface area contributed by atoms with Crippen molar-refractivity contribution in [3.05, 3.63) is 57.3 Å². The molecule has 1 aliphatic rings. The van der Waals surface area contributed by atoms with E-state index < -0.39 is 4.92 Å². The molecule has 7 heteroatoms. The summed E-state index contributed by atoms with van der Waals surface area (Å²) in [5.74, 6) is 1.13. The van der Waals surface area contributed by atoms with Gasteiger partial charge in [-0.1, -0.05) is 19.1 Å². The first-order valence-electron chi connectivity index (χ1n) is 6.74. The van der Waals surface area contributed by atoms with E-state index in [9.17, 15) is 10.1 Å². The van der Waals surface area contributed by atoms with Gasteiger partial charge in [0.2, 0.25) is 0 Å². The number of aromatic nitrogens is 3. The lowest BCUT2D eigenvalue weighted by molar-refractivity contribution is -0.418. The third-order valence-electron chi connectivity index (χ3n) is 3.98. The highest BCUT2D eigenvalue weighted by atomic mass is 32.1. The quantitative estimate of drug-likeness (QED) is 0.379. The smallest absolute Gasteiger partial charge is 0.262 e. The fourth-order valence-corrected chi connectivity index (χ4v) is 2.70. The van der Waals surface area contributed by atoms with Crippen LogP contribution in [0.4, 0.5) is 0 Å². The summed E-state index contributed by atoms with van der Waals surface area (Å²) in [6, 6.07) is 0. The second-order valence-corrected chi connectivity index (χ2v) is 5.60. The molecule has 0 saturated heterocycles. The average molecular weight is 306 g/mol. The average Bonchev–Trinajstić information content (AvgIpc) is 2.71. The zero-order valence-corrected chi connectivity index (χ0v) is 12.7. The van der Waals surface area contributed by atoms with Crippen molar-refractivity contribution in [3.63, 3.8) is 0 Å². The maximum absolute atomic E-state index is 10.8. The van der Waals surface area contributed by atoms with E-state index >= 15 is 0 Å². The maximum Gasteiger partial charge on any atom is 0.262 e.